The van der Waals surface area contributed by atoms with E-state index in [1.54, 1.807) is 11.3 Å². The van der Waals surface area contributed by atoms with Gasteiger partial charge in [0.25, 0.3) is 0 Å². The minimum atomic E-state index is -3.36. The topological polar surface area (TPSA) is 77.9 Å². The zero-order valence-electron chi connectivity index (χ0n) is 13.9. The van der Waals surface area contributed by atoms with Crippen LogP contribution in [0.2, 0.25) is 0 Å². The van der Waals surface area contributed by atoms with Crippen molar-refractivity contribution in [3.63, 3.8) is 0 Å². The van der Waals surface area contributed by atoms with E-state index in [1.165, 1.54) is 20.0 Å². The van der Waals surface area contributed by atoms with Crippen molar-refractivity contribution in [2.24, 2.45) is 11.3 Å². The Morgan fingerprint density at radius 3 is 2.76 bits per heavy atom. The van der Waals surface area contributed by atoms with Crippen LogP contribution in [0.5, 0.6) is 0 Å². The highest BCUT2D eigenvalue weighted by molar-refractivity contribution is 7.88. The molecule has 3 heterocycles. The van der Waals surface area contributed by atoms with Crippen LogP contribution in [-0.4, -0.2) is 61.1 Å². The second kappa shape index (κ2) is 5.77. The third-order valence-corrected chi connectivity index (χ3v) is 7.73. The molecule has 0 amide bonds. The molecule has 1 N–H and O–H groups in total. The quantitative estimate of drug-likeness (QED) is 0.873. The predicted octanol–water partition coefficient (Wildman–Crippen LogP) is 1.68. The lowest BCUT2D eigenvalue weighted by atomic mass is 9.81. The van der Waals surface area contributed by atoms with Crippen molar-refractivity contribution in [3.8, 4) is 0 Å². The fraction of sp³-hybridized carbons (Fsp3) is 0.471. The summed E-state index contributed by atoms with van der Waals surface area (Å²) in [5, 5.41) is 13.2. The molecule has 25 heavy (non-hydrogen) atoms. The first kappa shape index (κ1) is 17.0. The molecular weight excluding hydrogens is 360 g/mol. The summed E-state index contributed by atoms with van der Waals surface area (Å²) in [6, 6.07) is 8.21. The molecule has 2 atom stereocenters. The van der Waals surface area contributed by atoms with Gasteiger partial charge in [-0.15, -0.1) is 11.3 Å². The molecule has 2 saturated heterocycles. The fourth-order valence-corrected chi connectivity index (χ4v) is 6.06. The highest BCUT2D eigenvalue weighted by atomic mass is 32.2. The first-order chi connectivity index (χ1) is 11.8. The molecule has 2 aromatic rings. The van der Waals surface area contributed by atoms with Gasteiger partial charge in [0.2, 0.25) is 10.0 Å². The van der Waals surface area contributed by atoms with Crippen LogP contribution >= 0.6 is 11.3 Å². The molecule has 1 aromatic heterocycles. The van der Waals surface area contributed by atoms with Crippen LogP contribution in [0, 0.1) is 11.3 Å². The monoisotopic (exact) mass is 380 g/mol. The van der Waals surface area contributed by atoms with Gasteiger partial charge in [-0.3, -0.25) is 9.69 Å². The van der Waals surface area contributed by atoms with E-state index in [0.717, 1.165) is 6.26 Å². The molecule has 2 fully saturated rings. The first-order valence-corrected chi connectivity index (χ1v) is 10.9. The van der Waals surface area contributed by atoms with Gasteiger partial charge in [-0.25, -0.2) is 12.7 Å². The maximum Gasteiger partial charge on any atom is 0.312 e. The van der Waals surface area contributed by atoms with Gasteiger partial charge in [0.05, 0.1) is 11.7 Å². The summed E-state index contributed by atoms with van der Waals surface area (Å²) >= 11 is 1.70. The summed E-state index contributed by atoms with van der Waals surface area (Å²) in [7, 11) is -3.36. The van der Waals surface area contributed by atoms with Crippen LogP contribution in [0.1, 0.15) is 5.56 Å². The lowest BCUT2D eigenvalue weighted by Gasteiger charge is -2.24. The predicted molar refractivity (Wildman–Crippen MR) is 97.1 cm³/mol. The highest BCUT2D eigenvalue weighted by Crippen LogP contribution is 2.44. The van der Waals surface area contributed by atoms with Crippen LogP contribution in [0.15, 0.2) is 29.6 Å². The maximum absolute atomic E-state index is 12.0. The molecule has 0 radical (unpaired) electrons. The Morgan fingerprint density at radius 2 is 2.08 bits per heavy atom. The summed E-state index contributed by atoms with van der Waals surface area (Å²) in [6.07, 6.45) is 1.15. The van der Waals surface area contributed by atoms with E-state index in [1.807, 2.05) is 12.1 Å². The molecule has 8 heteroatoms. The van der Waals surface area contributed by atoms with E-state index < -0.39 is 21.4 Å². The molecular formula is C17H20N2O4S2. The van der Waals surface area contributed by atoms with Crippen LogP contribution in [0.4, 0.5) is 0 Å². The van der Waals surface area contributed by atoms with E-state index >= 15 is 0 Å². The number of likely N-dealkylation sites (tertiary alicyclic amines) is 1. The molecule has 0 aliphatic carbocycles. The van der Waals surface area contributed by atoms with Gasteiger partial charge in [0, 0.05) is 43.3 Å². The Labute approximate surface area is 150 Å². The molecule has 0 saturated carbocycles. The molecule has 0 bridgehead atoms. The maximum atomic E-state index is 12.0. The Hall–Kier alpha value is -1.48. The molecule has 6 nitrogen and oxygen atoms in total. The van der Waals surface area contributed by atoms with Crippen molar-refractivity contribution in [1.29, 1.82) is 0 Å². The van der Waals surface area contributed by atoms with Gasteiger partial charge in [0.15, 0.2) is 0 Å². The van der Waals surface area contributed by atoms with E-state index in [4.69, 9.17) is 0 Å². The number of carbonyl (C=O) groups is 1. The second-order valence-electron chi connectivity index (χ2n) is 7.14. The minimum absolute atomic E-state index is 0.0761. The largest absolute Gasteiger partial charge is 0.481 e. The van der Waals surface area contributed by atoms with E-state index in [2.05, 4.69) is 22.4 Å². The van der Waals surface area contributed by atoms with Crippen molar-refractivity contribution in [2.75, 3.05) is 32.4 Å². The summed E-state index contributed by atoms with van der Waals surface area (Å²) in [5.74, 6) is -1.05. The van der Waals surface area contributed by atoms with Crippen molar-refractivity contribution < 1.29 is 18.3 Å². The average molecular weight is 380 g/mol. The molecule has 0 spiro atoms. The van der Waals surface area contributed by atoms with Crippen molar-refractivity contribution in [3.05, 3.63) is 35.2 Å². The van der Waals surface area contributed by atoms with Crippen LogP contribution in [-0.2, 0) is 21.4 Å². The number of fused-ring (bicyclic) bond motifs is 2. The number of thiophene rings is 1. The molecule has 4 rings (SSSR count). The van der Waals surface area contributed by atoms with Gasteiger partial charge < -0.3 is 5.11 Å². The summed E-state index contributed by atoms with van der Waals surface area (Å²) < 4.78 is 26.2. The van der Waals surface area contributed by atoms with Gasteiger partial charge in [-0.1, -0.05) is 18.2 Å². The zero-order chi connectivity index (χ0) is 17.8. The van der Waals surface area contributed by atoms with Crippen molar-refractivity contribution in [1.82, 2.24) is 9.21 Å². The number of carboxylic acids is 1. The van der Waals surface area contributed by atoms with Gasteiger partial charge in [-0.2, -0.15) is 0 Å². The Bertz CT molecular complexity index is 939. The Morgan fingerprint density at radius 1 is 1.32 bits per heavy atom. The van der Waals surface area contributed by atoms with Crippen LogP contribution in [0.25, 0.3) is 10.1 Å². The highest BCUT2D eigenvalue weighted by Gasteiger charge is 2.59. The minimum Gasteiger partial charge on any atom is -0.481 e. The number of sulfonamides is 1. The summed E-state index contributed by atoms with van der Waals surface area (Å²) in [4.78, 5) is 14.2. The smallest absolute Gasteiger partial charge is 0.312 e. The SMILES string of the molecule is CS(=O)(=O)N1C[C@H]2CN(Cc3csc4ccccc34)C[C@@]2(C(=O)O)C1. The van der Waals surface area contributed by atoms with E-state index in [0.29, 0.717) is 26.2 Å². The molecule has 2 aliphatic heterocycles. The Kier molecular flexibility index (Phi) is 3.91. The van der Waals surface area contributed by atoms with Crippen molar-refractivity contribution in [2.45, 2.75) is 6.54 Å². The number of carboxylic acid groups (broad SMARTS) is 1. The molecule has 134 valence electrons. The van der Waals surface area contributed by atoms with Gasteiger partial charge >= 0.3 is 5.97 Å². The standard InChI is InChI=1S/C17H20N2O4S2/c1-25(22,23)19-8-13-7-18(10-17(13,11-19)16(20)21)6-12-9-24-15-5-3-2-4-14(12)15/h2-5,9,13H,6-8,10-11H2,1H3,(H,20,21)/t13-,17-/m1/s1. The normalized spacial score (nSPS) is 27.8. The lowest BCUT2D eigenvalue weighted by molar-refractivity contribution is -0.148. The summed E-state index contributed by atoms with van der Waals surface area (Å²) in [6.45, 7) is 2.08. The zero-order valence-corrected chi connectivity index (χ0v) is 15.5. The third-order valence-electron chi connectivity index (χ3n) is 5.50. The van der Waals surface area contributed by atoms with Crippen LogP contribution < -0.4 is 0 Å². The number of nitrogens with zero attached hydrogens (tertiary/aromatic N) is 2. The van der Waals surface area contributed by atoms with Gasteiger partial charge in [0.1, 0.15) is 0 Å². The number of benzene rings is 1. The number of hydrogen-bond acceptors (Lipinski definition) is 5. The fourth-order valence-electron chi connectivity index (χ4n) is 4.19. The molecule has 0 unspecified atom stereocenters. The second-order valence-corrected chi connectivity index (χ2v) is 10.0. The molecule has 1 aromatic carbocycles. The van der Waals surface area contributed by atoms with E-state index in [9.17, 15) is 18.3 Å². The Balaban J connectivity index is 1.57. The van der Waals surface area contributed by atoms with Gasteiger partial charge in [-0.05, 0) is 22.4 Å². The number of hydrogen-bond donors (Lipinski definition) is 1. The lowest BCUT2D eigenvalue weighted by Crippen LogP contribution is -2.41. The average Bonchev–Trinajstić information content (AvgIpc) is 3.18. The van der Waals surface area contributed by atoms with E-state index in [-0.39, 0.29) is 12.5 Å². The van der Waals surface area contributed by atoms with Crippen molar-refractivity contribution >= 4 is 37.4 Å². The number of rotatable bonds is 4. The third kappa shape index (κ3) is 2.77. The summed E-state index contributed by atoms with van der Waals surface area (Å²) in [5.41, 5.74) is 0.218. The van der Waals surface area contributed by atoms with Crippen LogP contribution in [0.3, 0.4) is 0 Å². The first-order valence-electron chi connectivity index (χ1n) is 8.15. The molecule has 2 aliphatic rings. The number of aliphatic carboxylic acids is 1.